The van der Waals surface area contributed by atoms with E-state index in [1.54, 1.807) is 18.0 Å². The van der Waals surface area contributed by atoms with Crippen molar-refractivity contribution in [3.63, 3.8) is 0 Å². The third-order valence-electron chi connectivity index (χ3n) is 2.66. The van der Waals surface area contributed by atoms with E-state index in [9.17, 15) is 5.11 Å². The van der Waals surface area contributed by atoms with Crippen LogP contribution in [0.15, 0.2) is 22.1 Å². The van der Waals surface area contributed by atoms with Crippen LogP contribution in [0.25, 0.3) is 0 Å². The van der Waals surface area contributed by atoms with Gasteiger partial charge in [-0.25, -0.2) is 0 Å². The van der Waals surface area contributed by atoms with Crippen LogP contribution in [-0.4, -0.2) is 22.0 Å². The summed E-state index contributed by atoms with van der Waals surface area (Å²) in [6, 6.07) is 2.09. The highest BCUT2D eigenvalue weighted by molar-refractivity contribution is 9.10. The Morgan fingerprint density at radius 2 is 2.22 bits per heavy atom. The van der Waals surface area contributed by atoms with E-state index in [-0.39, 0.29) is 6.04 Å². The predicted octanol–water partition coefficient (Wildman–Crippen LogP) is 3.38. The van der Waals surface area contributed by atoms with Gasteiger partial charge in [0.15, 0.2) is 5.75 Å². The second-order valence-corrected chi connectivity index (χ2v) is 5.97. The van der Waals surface area contributed by atoms with Gasteiger partial charge in [-0.3, -0.25) is 4.68 Å². The number of thiophene rings is 1. The molecule has 2 aromatic rings. The second-order valence-electron chi connectivity index (χ2n) is 4.17. The SMILES string of the molecule is COc1cnn(C(C)C)c1C(O)c1sccc1Br. The molecule has 0 aliphatic heterocycles. The van der Waals surface area contributed by atoms with Gasteiger partial charge in [-0.2, -0.15) is 5.10 Å². The molecule has 6 heteroatoms. The summed E-state index contributed by atoms with van der Waals surface area (Å²) in [7, 11) is 1.58. The standard InChI is InChI=1S/C12H15BrN2O2S/c1-7(2)15-10(9(17-3)6-14-15)11(16)12-8(13)4-5-18-12/h4-7,11,16H,1-3H3. The summed E-state index contributed by atoms with van der Waals surface area (Å²) in [6.07, 6.45) is 0.902. The van der Waals surface area contributed by atoms with E-state index < -0.39 is 6.10 Å². The summed E-state index contributed by atoms with van der Waals surface area (Å²) in [5, 5.41) is 16.7. The van der Waals surface area contributed by atoms with Crippen LogP contribution in [0.5, 0.6) is 5.75 Å². The minimum absolute atomic E-state index is 0.164. The van der Waals surface area contributed by atoms with Crippen molar-refractivity contribution in [3.05, 3.63) is 32.7 Å². The molecule has 18 heavy (non-hydrogen) atoms. The number of methoxy groups -OCH3 is 1. The molecule has 1 unspecified atom stereocenters. The van der Waals surface area contributed by atoms with E-state index >= 15 is 0 Å². The van der Waals surface area contributed by atoms with Crippen LogP contribution in [0.2, 0.25) is 0 Å². The highest BCUT2D eigenvalue weighted by atomic mass is 79.9. The zero-order valence-electron chi connectivity index (χ0n) is 10.4. The third-order valence-corrected chi connectivity index (χ3v) is 4.58. The maximum absolute atomic E-state index is 10.5. The van der Waals surface area contributed by atoms with Gasteiger partial charge in [0, 0.05) is 10.5 Å². The molecule has 2 heterocycles. The fourth-order valence-corrected chi connectivity index (χ4v) is 3.39. The summed E-state index contributed by atoms with van der Waals surface area (Å²) in [5.74, 6) is 0.608. The summed E-state index contributed by atoms with van der Waals surface area (Å²) >= 11 is 4.94. The Hall–Kier alpha value is -0.850. The van der Waals surface area contributed by atoms with Gasteiger partial charge >= 0.3 is 0 Å². The predicted molar refractivity (Wildman–Crippen MR) is 75.2 cm³/mol. The first-order valence-electron chi connectivity index (χ1n) is 5.58. The van der Waals surface area contributed by atoms with Crippen LogP contribution in [-0.2, 0) is 0 Å². The maximum Gasteiger partial charge on any atom is 0.163 e. The van der Waals surface area contributed by atoms with E-state index in [0.717, 1.165) is 9.35 Å². The molecule has 2 aromatic heterocycles. The van der Waals surface area contributed by atoms with Crippen LogP contribution in [0.3, 0.4) is 0 Å². The summed E-state index contributed by atoms with van der Waals surface area (Å²) in [4.78, 5) is 0.857. The number of nitrogens with zero attached hydrogens (tertiary/aromatic N) is 2. The molecule has 2 rings (SSSR count). The van der Waals surface area contributed by atoms with Gasteiger partial charge in [0.2, 0.25) is 0 Å². The first kappa shape index (κ1) is 13.6. The lowest BCUT2D eigenvalue weighted by atomic mass is 10.2. The molecule has 0 amide bonds. The first-order chi connectivity index (χ1) is 8.56. The Balaban J connectivity index is 2.49. The van der Waals surface area contributed by atoms with Gasteiger partial charge in [0.25, 0.3) is 0 Å². The molecule has 0 saturated carbocycles. The topological polar surface area (TPSA) is 47.3 Å². The maximum atomic E-state index is 10.5. The van der Waals surface area contributed by atoms with E-state index in [0.29, 0.717) is 11.4 Å². The van der Waals surface area contributed by atoms with Gasteiger partial charge in [-0.1, -0.05) is 0 Å². The number of aliphatic hydroxyl groups is 1. The third kappa shape index (κ3) is 2.32. The Morgan fingerprint density at radius 3 is 2.72 bits per heavy atom. The van der Waals surface area contributed by atoms with E-state index in [2.05, 4.69) is 21.0 Å². The number of hydrogen-bond donors (Lipinski definition) is 1. The molecule has 1 N–H and O–H groups in total. The fraction of sp³-hybridized carbons (Fsp3) is 0.417. The summed E-state index contributed by atoms with van der Waals surface area (Å²) < 4.78 is 7.97. The number of aromatic nitrogens is 2. The zero-order valence-corrected chi connectivity index (χ0v) is 12.8. The first-order valence-corrected chi connectivity index (χ1v) is 7.25. The van der Waals surface area contributed by atoms with Crippen LogP contribution in [0.4, 0.5) is 0 Å². The van der Waals surface area contributed by atoms with E-state index in [1.165, 1.54) is 11.3 Å². The van der Waals surface area contributed by atoms with Crippen LogP contribution < -0.4 is 4.74 Å². The molecular weight excluding hydrogens is 316 g/mol. The van der Waals surface area contributed by atoms with Gasteiger partial charge in [-0.15, -0.1) is 11.3 Å². The van der Waals surface area contributed by atoms with Crippen molar-refractivity contribution in [1.82, 2.24) is 9.78 Å². The molecular formula is C12H15BrN2O2S. The number of aliphatic hydroxyl groups excluding tert-OH is 1. The fourth-order valence-electron chi connectivity index (χ4n) is 1.81. The Kier molecular flexibility index (Phi) is 4.09. The molecule has 0 aliphatic rings. The van der Waals surface area contributed by atoms with Gasteiger partial charge in [-0.05, 0) is 41.2 Å². The number of hydrogen-bond acceptors (Lipinski definition) is 4. The zero-order chi connectivity index (χ0) is 13.3. The lowest BCUT2D eigenvalue weighted by Gasteiger charge is -2.16. The molecule has 0 radical (unpaired) electrons. The molecule has 1 atom stereocenters. The quantitative estimate of drug-likeness (QED) is 0.934. The minimum atomic E-state index is -0.737. The number of rotatable bonds is 4. The van der Waals surface area contributed by atoms with Crippen molar-refractivity contribution in [2.45, 2.75) is 26.0 Å². The highest BCUT2D eigenvalue weighted by Gasteiger charge is 2.25. The normalized spacial score (nSPS) is 13.0. The lowest BCUT2D eigenvalue weighted by molar-refractivity contribution is 0.202. The van der Waals surface area contributed by atoms with Gasteiger partial charge < -0.3 is 9.84 Å². The Morgan fingerprint density at radius 1 is 1.50 bits per heavy atom. The smallest absolute Gasteiger partial charge is 0.163 e. The average molecular weight is 331 g/mol. The van der Waals surface area contributed by atoms with Crippen molar-refractivity contribution < 1.29 is 9.84 Å². The van der Waals surface area contributed by atoms with Gasteiger partial charge in [0.05, 0.1) is 18.2 Å². The van der Waals surface area contributed by atoms with E-state index in [4.69, 9.17) is 4.74 Å². The van der Waals surface area contributed by atoms with E-state index in [1.807, 2.05) is 25.3 Å². The molecule has 0 aliphatic carbocycles. The monoisotopic (exact) mass is 330 g/mol. The van der Waals surface area contributed by atoms with Crippen molar-refractivity contribution >= 4 is 27.3 Å². The van der Waals surface area contributed by atoms with Crippen LogP contribution in [0, 0.1) is 0 Å². The Labute approximate surface area is 118 Å². The van der Waals surface area contributed by atoms with Crippen molar-refractivity contribution in [3.8, 4) is 5.75 Å². The van der Waals surface area contributed by atoms with Crippen LogP contribution >= 0.6 is 27.3 Å². The van der Waals surface area contributed by atoms with Crippen LogP contribution in [0.1, 0.15) is 36.6 Å². The molecule has 0 fully saturated rings. The number of ether oxygens (including phenoxy) is 1. The summed E-state index contributed by atoms with van der Waals surface area (Å²) in [5.41, 5.74) is 0.690. The molecule has 0 spiro atoms. The largest absolute Gasteiger partial charge is 0.493 e. The molecule has 4 nitrogen and oxygen atoms in total. The lowest BCUT2D eigenvalue weighted by Crippen LogP contribution is -2.12. The second kappa shape index (κ2) is 5.42. The number of halogens is 1. The average Bonchev–Trinajstić information content (AvgIpc) is 2.93. The minimum Gasteiger partial charge on any atom is -0.493 e. The molecule has 0 aromatic carbocycles. The highest BCUT2D eigenvalue weighted by Crippen LogP contribution is 2.37. The van der Waals surface area contributed by atoms with Gasteiger partial charge in [0.1, 0.15) is 11.8 Å². The molecule has 98 valence electrons. The van der Waals surface area contributed by atoms with Crippen molar-refractivity contribution in [2.24, 2.45) is 0 Å². The summed E-state index contributed by atoms with van der Waals surface area (Å²) in [6.45, 7) is 4.04. The van der Waals surface area contributed by atoms with Crippen molar-refractivity contribution in [2.75, 3.05) is 7.11 Å². The molecule has 0 saturated heterocycles. The Bertz CT molecular complexity index is 536. The van der Waals surface area contributed by atoms with Crippen molar-refractivity contribution in [1.29, 1.82) is 0 Å². The molecule has 0 bridgehead atoms.